The van der Waals surface area contributed by atoms with Crippen LogP contribution in [0.3, 0.4) is 0 Å². The highest BCUT2D eigenvalue weighted by molar-refractivity contribution is 6.50. The Morgan fingerprint density at radius 1 is 1.14 bits per heavy atom. The molecule has 0 fully saturated rings. The van der Waals surface area contributed by atoms with Gasteiger partial charge in [0.15, 0.2) is 6.21 Å². The van der Waals surface area contributed by atoms with E-state index in [0.29, 0.717) is 0 Å². The van der Waals surface area contributed by atoms with E-state index in [1.54, 1.807) is 0 Å². The monoisotopic (exact) mass is 298 g/mol. The minimum atomic E-state index is -6.00. The van der Waals surface area contributed by atoms with Crippen molar-refractivity contribution < 1.29 is 22.3 Å². The molecule has 1 aromatic rings. The molecule has 0 amide bonds. The molecule has 0 spiro atoms. The maximum atomic E-state index is 9.75. The quantitative estimate of drug-likeness (QED) is 0.590. The van der Waals surface area contributed by atoms with Crippen molar-refractivity contribution in [1.29, 1.82) is 0 Å². The number of nitrogens with one attached hydrogen (secondary N) is 2. The third-order valence-corrected chi connectivity index (χ3v) is 3.13. The molecule has 3 rings (SSSR count). The molecule has 1 aliphatic carbocycles. The highest BCUT2D eigenvalue weighted by Crippen LogP contribution is 2.29. The lowest BCUT2D eigenvalue weighted by atomic mass is 9.92. The SMILES string of the molecule is C1=C/C(=C2/C=C(c3ccc[nH]3)CCC2)[NH+]=C1.F[B-](F)(F)F. The average molecular weight is 298 g/mol. The first kappa shape index (κ1) is 15.3. The van der Waals surface area contributed by atoms with E-state index >= 15 is 0 Å². The van der Waals surface area contributed by atoms with Crippen molar-refractivity contribution in [3.8, 4) is 0 Å². The third-order valence-electron chi connectivity index (χ3n) is 3.13. The zero-order chi connectivity index (χ0) is 15.3. The van der Waals surface area contributed by atoms with Gasteiger partial charge in [0.25, 0.3) is 0 Å². The number of aromatic amines is 1. The molecule has 2 aliphatic rings. The lowest BCUT2D eigenvalue weighted by Gasteiger charge is -2.13. The number of hydrogen-bond donors (Lipinski definition) is 2. The molecule has 0 atom stereocenters. The van der Waals surface area contributed by atoms with Crippen LogP contribution in [0, 0.1) is 0 Å². The van der Waals surface area contributed by atoms with Gasteiger partial charge in [-0.2, -0.15) is 0 Å². The third kappa shape index (κ3) is 5.09. The summed E-state index contributed by atoms with van der Waals surface area (Å²) in [5.41, 5.74) is 5.34. The van der Waals surface area contributed by atoms with Gasteiger partial charge in [-0.15, -0.1) is 0 Å². The second kappa shape index (κ2) is 6.60. The van der Waals surface area contributed by atoms with Crippen LogP contribution in [0.2, 0.25) is 0 Å². The van der Waals surface area contributed by atoms with Gasteiger partial charge in [-0.3, -0.25) is 0 Å². The lowest BCUT2D eigenvalue weighted by Crippen LogP contribution is -2.64. The Kier molecular flexibility index (Phi) is 4.83. The van der Waals surface area contributed by atoms with Crippen molar-refractivity contribution in [2.75, 3.05) is 0 Å². The molecule has 21 heavy (non-hydrogen) atoms. The van der Waals surface area contributed by atoms with Gasteiger partial charge in [0.1, 0.15) is 0 Å². The fourth-order valence-corrected chi connectivity index (χ4v) is 2.31. The molecule has 2 N–H and O–H groups in total. The lowest BCUT2D eigenvalue weighted by molar-refractivity contribution is -0.381. The molecular weight excluding hydrogens is 283 g/mol. The summed E-state index contributed by atoms with van der Waals surface area (Å²) in [6.07, 6.45) is 14.1. The molecule has 0 saturated carbocycles. The van der Waals surface area contributed by atoms with Crippen LogP contribution in [-0.4, -0.2) is 18.5 Å². The molecule has 2 nitrogen and oxygen atoms in total. The van der Waals surface area contributed by atoms with Crippen LogP contribution < -0.4 is 4.99 Å². The smallest absolute Gasteiger partial charge is 0.418 e. The number of H-pyrrole nitrogens is 1. The maximum Gasteiger partial charge on any atom is 0.673 e. The van der Waals surface area contributed by atoms with Gasteiger partial charge < -0.3 is 22.2 Å². The summed E-state index contributed by atoms with van der Waals surface area (Å²) in [5.74, 6) is 0. The summed E-state index contributed by atoms with van der Waals surface area (Å²) in [6, 6.07) is 4.20. The maximum absolute atomic E-state index is 9.75. The van der Waals surface area contributed by atoms with Gasteiger partial charge in [0, 0.05) is 29.6 Å². The Morgan fingerprint density at radius 3 is 2.48 bits per heavy atom. The summed E-state index contributed by atoms with van der Waals surface area (Å²) in [5, 5.41) is 0. The second-order valence-corrected chi connectivity index (χ2v) is 4.71. The molecule has 0 bridgehead atoms. The molecule has 7 heteroatoms. The zero-order valence-electron chi connectivity index (χ0n) is 11.3. The predicted molar refractivity (Wildman–Crippen MR) is 76.0 cm³/mol. The van der Waals surface area contributed by atoms with Crippen molar-refractivity contribution in [3.05, 3.63) is 53.5 Å². The van der Waals surface area contributed by atoms with E-state index in [1.165, 1.54) is 41.8 Å². The van der Waals surface area contributed by atoms with Crippen LogP contribution in [0.1, 0.15) is 25.0 Å². The minimum Gasteiger partial charge on any atom is -0.418 e. The van der Waals surface area contributed by atoms with E-state index < -0.39 is 7.25 Å². The van der Waals surface area contributed by atoms with E-state index in [1.807, 2.05) is 12.4 Å². The summed E-state index contributed by atoms with van der Waals surface area (Å²) in [4.78, 5) is 6.56. The number of rotatable bonds is 1. The van der Waals surface area contributed by atoms with Gasteiger partial charge in [-0.05, 0) is 43.0 Å². The molecule has 0 aromatic carbocycles. The molecule has 1 aromatic heterocycles. The van der Waals surface area contributed by atoms with Crippen molar-refractivity contribution in [2.45, 2.75) is 19.3 Å². The molecular formula is C14H15BF4N2. The highest BCUT2D eigenvalue weighted by atomic mass is 19.5. The topological polar surface area (TPSA) is 29.8 Å². The molecule has 2 heterocycles. The molecule has 0 radical (unpaired) electrons. The van der Waals surface area contributed by atoms with E-state index in [2.05, 4.69) is 40.3 Å². The molecule has 112 valence electrons. The van der Waals surface area contributed by atoms with Crippen LogP contribution >= 0.6 is 0 Å². The predicted octanol–water partition coefficient (Wildman–Crippen LogP) is 2.86. The Hall–Kier alpha value is -2.05. The summed E-state index contributed by atoms with van der Waals surface area (Å²) >= 11 is 0. The fourth-order valence-electron chi connectivity index (χ4n) is 2.31. The summed E-state index contributed by atoms with van der Waals surface area (Å²) in [6.45, 7) is 0. The largest absolute Gasteiger partial charge is 0.673 e. The zero-order valence-corrected chi connectivity index (χ0v) is 11.3. The first-order chi connectivity index (χ1) is 9.93. The van der Waals surface area contributed by atoms with Crippen LogP contribution in [0.25, 0.3) is 5.57 Å². The van der Waals surface area contributed by atoms with Crippen LogP contribution in [0.15, 0.2) is 47.8 Å². The van der Waals surface area contributed by atoms with Crippen molar-refractivity contribution in [2.24, 2.45) is 0 Å². The molecule has 0 unspecified atom stereocenters. The number of halogens is 4. The minimum absolute atomic E-state index is 1.17. The van der Waals surface area contributed by atoms with Crippen molar-refractivity contribution in [3.63, 3.8) is 0 Å². The van der Waals surface area contributed by atoms with Crippen molar-refractivity contribution in [1.82, 2.24) is 4.98 Å². The van der Waals surface area contributed by atoms with Crippen LogP contribution in [0.5, 0.6) is 0 Å². The standard InChI is InChI=1S/C14H14N2.BF4/c1-4-11(13-6-2-8-15-13)10-12(5-1)14-7-3-9-16-14;2-1(3,4)5/h2-3,6-10,15H,1,4-5H2;/q;-1/p+1/b14-12-;. The van der Waals surface area contributed by atoms with Gasteiger partial charge in [-0.25, -0.2) is 4.99 Å². The second-order valence-electron chi connectivity index (χ2n) is 4.71. The first-order valence-corrected chi connectivity index (χ1v) is 6.65. The molecule has 1 aliphatic heterocycles. The van der Waals surface area contributed by atoms with E-state index in [0.717, 1.165) is 0 Å². The number of aromatic nitrogens is 1. The number of hydrogen-bond acceptors (Lipinski definition) is 0. The van der Waals surface area contributed by atoms with Gasteiger partial charge >= 0.3 is 7.25 Å². The van der Waals surface area contributed by atoms with Crippen LogP contribution in [-0.2, 0) is 0 Å². The first-order valence-electron chi connectivity index (χ1n) is 6.65. The highest BCUT2D eigenvalue weighted by Gasteiger charge is 2.20. The number of allylic oxidation sites excluding steroid dienone is 5. The van der Waals surface area contributed by atoms with Gasteiger partial charge in [-0.1, -0.05) is 0 Å². The van der Waals surface area contributed by atoms with Gasteiger partial charge in [0.05, 0.1) is 0 Å². The normalized spacial score (nSPS) is 21.0. The van der Waals surface area contributed by atoms with E-state index in [4.69, 9.17) is 0 Å². The van der Waals surface area contributed by atoms with Crippen molar-refractivity contribution >= 4 is 19.0 Å². The van der Waals surface area contributed by atoms with Crippen LogP contribution in [0.4, 0.5) is 17.3 Å². The Balaban J connectivity index is 0.000000282. The summed E-state index contributed by atoms with van der Waals surface area (Å²) in [7, 11) is -6.00. The molecule has 0 saturated heterocycles. The average Bonchev–Trinajstić information content (AvgIpc) is 3.11. The van der Waals surface area contributed by atoms with E-state index in [-0.39, 0.29) is 0 Å². The van der Waals surface area contributed by atoms with E-state index in [9.17, 15) is 17.3 Å². The summed E-state index contributed by atoms with van der Waals surface area (Å²) < 4.78 is 39.0. The van der Waals surface area contributed by atoms with Gasteiger partial charge in [0.2, 0.25) is 5.70 Å². The Bertz CT molecular complexity index is 575. The fraction of sp³-hybridized carbons (Fsp3) is 0.214. The Morgan fingerprint density at radius 2 is 1.90 bits per heavy atom. The Labute approximate surface area is 120 Å².